The van der Waals surface area contributed by atoms with E-state index in [1.807, 2.05) is 6.07 Å². The molecule has 1 aromatic rings. The molecule has 1 saturated heterocycles. The van der Waals surface area contributed by atoms with Gasteiger partial charge in [-0.25, -0.2) is 0 Å². The minimum absolute atomic E-state index is 0.189. The second-order valence-electron chi connectivity index (χ2n) is 6.72. The largest absolute Gasteiger partial charge is 0.416 e. The molecule has 0 aromatic heterocycles. The number of hydrogen-bond donors (Lipinski definition) is 0. The number of alkyl halides is 3. The normalized spacial score (nSPS) is 29.8. The van der Waals surface area contributed by atoms with E-state index < -0.39 is 11.7 Å². The molecule has 2 nitrogen and oxygen atoms in total. The third-order valence-corrected chi connectivity index (χ3v) is 5.35. The van der Waals surface area contributed by atoms with Crippen LogP contribution in [0.25, 0.3) is 0 Å². The van der Waals surface area contributed by atoms with Gasteiger partial charge in [-0.05, 0) is 62.7 Å². The third kappa shape index (κ3) is 3.72. The van der Waals surface area contributed by atoms with Crippen molar-refractivity contribution >= 4 is 0 Å². The third-order valence-electron chi connectivity index (χ3n) is 5.35. The molecule has 23 heavy (non-hydrogen) atoms. The van der Waals surface area contributed by atoms with Crippen molar-refractivity contribution in [3.8, 4) is 0 Å². The molecular formula is C18H24F3NO. The molecule has 0 unspecified atom stereocenters. The lowest BCUT2D eigenvalue weighted by Crippen LogP contribution is -2.46. The molecule has 1 aromatic carbocycles. The Morgan fingerprint density at radius 3 is 2.52 bits per heavy atom. The SMILES string of the molecule is CO[C@H]1CC[C@H](c2cccc(C(F)(F)F)c2)C[C@@H]1N1CCCC1. The van der Waals surface area contributed by atoms with Gasteiger partial charge < -0.3 is 4.74 Å². The maximum atomic E-state index is 12.9. The van der Waals surface area contributed by atoms with Crippen LogP contribution in [0.2, 0.25) is 0 Å². The quantitative estimate of drug-likeness (QED) is 0.813. The fraction of sp³-hybridized carbons (Fsp3) is 0.667. The molecule has 0 N–H and O–H groups in total. The lowest BCUT2D eigenvalue weighted by atomic mass is 9.79. The van der Waals surface area contributed by atoms with E-state index in [2.05, 4.69) is 4.90 Å². The topological polar surface area (TPSA) is 12.5 Å². The van der Waals surface area contributed by atoms with Crippen LogP contribution in [-0.4, -0.2) is 37.2 Å². The Kier molecular flexibility index (Phi) is 4.97. The zero-order chi connectivity index (χ0) is 16.4. The first-order valence-corrected chi connectivity index (χ1v) is 8.43. The van der Waals surface area contributed by atoms with Gasteiger partial charge in [-0.2, -0.15) is 13.2 Å². The van der Waals surface area contributed by atoms with E-state index in [0.717, 1.165) is 44.0 Å². The van der Waals surface area contributed by atoms with Gasteiger partial charge in [0.1, 0.15) is 0 Å². The Bertz CT molecular complexity index is 523. The highest BCUT2D eigenvalue weighted by Gasteiger charge is 2.37. The molecule has 3 rings (SSSR count). The van der Waals surface area contributed by atoms with Crippen molar-refractivity contribution in [3.05, 3.63) is 35.4 Å². The molecule has 0 radical (unpaired) electrons. The van der Waals surface area contributed by atoms with Gasteiger partial charge in [-0.1, -0.05) is 18.2 Å². The fourth-order valence-electron chi connectivity index (χ4n) is 4.12. The van der Waals surface area contributed by atoms with Crippen molar-refractivity contribution < 1.29 is 17.9 Å². The first-order chi connectivity index (χ1) is 11.0. The van der Waals surface area contributed by atoms with Crippen LogP contribution >= 0.6 is 0 Å². The molecular weight excluding hydrogens is 303 g/mol. The Labute approximate surface area is 135 Å². The van der Waals surface area contributed by atoms with E-state index in [1.54, 1.807) is 7.11 Å². The number of likely N-dealkylation sites (tertiary alicyclic amines) is 1. The predicted molar refractivity (Wildman–Crippen MR) is 83.4 cm³/mol. The van der Waals surface area contributed by atoms with E-state index in [-0.39, 0.29) is 12.0 Å². The lowest BCUT2D eigenvalue weighted by molar-refractivity contribution is -0.137. The molecule has 2 fully saturated rings. The monoisotopic (exact) mass is 327 g/mol. The summed E-state index contributed by atoms with van der Waals surface area (Å²) in [5.74, 6) is 0.189. The van der Waals surface area contributed by atoms with Crippen molar-refractivity contribution in [2.75, 3.05) is 20.2 Å². The standard InChI is InChI=1S/C18H24F3NO/c1-23-17-8-7-14(12-16(17)22-9-2-3-10-22)13-5-4-6-15(11-13)18(19,20)21/h4-6,11,14,16-17H,2-3,7-10,12H2,1H3/t14-,16-,17-/m0/s1. The van der Waals surface area contributed by atoms with Crippen LogP contribution in [0.1, 0.15) is 49.1 Å². The molecule has 0 spiro atoms. The van der Waals surface area contributed by atoms with E-state index in [9.17, 15) is 13.2 Å². The Morgan fingerprint density at radius 1 is 1.13 bits per heavy atom. The van der Waals surface area contributed by atoms with Crippen LogP contribution in [0.3, 0.4) is 0 Å². The summed E-state index contributed by atoms with van der Waals surface area (Å²) in [5, 5.41) is 0. The Morgan fingerprint density at radius 2 is 1.87 bits per heavy atom. The first kappa shape index (κ1) is 16.8. The van der Waals surface area contributed by atoms with Crippen LogP contribution in [0, 0.1) is 0 Å². The zero-order valence-electron chi connectivity index (χ0n) is 13.5. The van der Waals surface area contributed by atoms with Crippen molar-refractivity contribution in [2.45, 2.75) is 56.3 Å². The number of hydrogen-bond acceptors (Lipinski definition) is 2. The van der Waals surface area contributed by atoms with Crippen LogP contribution in [-0.2, 0) is 10.9 Å². The summed E-state index contributed by atoms with van der Waals surface area (Å²) >= 11 is 0. The molecule has 0 bridgehead atoms. The smallest absolute Gasteiger partial charge is 0.380 e. The average Bonchev–Trinajstić information content (AvgIpc) is 3.08. The van der Waals surface area contributed by atoms with E-state index >= 15 is 0 Å². The molecule has 5 heteroatoms. The van der Waals surface area contributed by atoms with Crippen LogP contribution in [0.5, 0.6) is 0 Å². The maximum absolute atomic E-state index is 12.9. The fourth-order valence-corrected chi connectivity index (χ4v) is 4.12. The summed E-state index contributed by atoms with van der Waals surface area (Å²) in [6.07, 6.45) is 1.05. The molecule has 3 atom stereocenters. The molecule has 0 amide bonds. The number of rotatable bonds is 3. The number of halogens is 3. The second-order valence-corrected chi connectivity index (χ2v) is 6.72. The average molecular weight is 327 g/mol. The number of benzene rings is 1. The number of ether oxygens (including phenoxy) is 1. The first-order valence-electron chi connectivity index (χ1n) is 8.43. The van der Waals surface area contributed by atoms with Crippen LogP contribution < -0.4 is 0 Å². The van der Waals surface area contributed by atoms with Crippen molar-refractivity contribution in [1.29, 1.82) is 0 Å². The van der Waals surface area contributed by atoms with Crippen LogP contribution in [0.15, 0.2) is 24.3 Å². The van der Waals surface area contributed by atoms with E-state index in [0.29, 0.717) is 6.04 Å². The van der Waals surface area contributed by atoms with Gasteiger partial charge in [0.25, 0.3) is 0 Å². The summed E-state index contributed by atoms with van der Waals surface area (Å²) in [5.41, 5.74) is 0.278. The van der Waals surface area contributed by atoms with Gasteiger partial charge in [0.05, 0.1) is 11.7 Å². The zero-order valence-corrected chi connectivity index (χ0v) is 13.5. The van der Waals surface area contributed by atoms with E-state index in [4.69, 9.17) is 4.74 Å². The van der Waals surface area contributed by atoms with Gasteiger partial charge in [0, 0.05) is 13.2 Å². The highest BCUT2D eigenvalue weighted by atomic mass is 19.4. The highest BCUT2D eigenvalue weighted by molar-refractivity contribution is 5.29. The lowest BCUT2D eigenvalue weighted by Gasteiger charge is -2.40. The molecule has 1 aliphatic heterocycles. The van der Waals surface area contributed by atoms with Crippen LogP contribution in [0.4, 0.5) is 13.2 Å². The van der Waals surface area contributed by atoms with E-state index in [1.165, 1.54) is 25.0 Å². The molecule has 2 aliphatic rings. The summed E-state index contributed by atoms with van der Waals surface area (Å²) in [7, 11) is 1.75. The number of nitrogens with zero attached hydrogens (tertiary/aromatic N) is 1. The minimum Gasteiger partial charge on any atom is -0.380 e. The molecule has 1 heterocycles. The summed E-state index contributed by atoms with van der Waals surface area (Å²) in [6.45, 7) is 2.17. The molecule has 1 aliphatic carbocycles. The molecule has 128 valence electrons. The van der Waals surface area contributed by atoms with Gasteiger partial charge in [0.2, 0.25) is 0 Å². The van der Waals surface area contributed by atoms with Gasteiger partial charge in [0.15, 0.2) is 0 Å². The maximum Gasteiger partial charge on any atom is 0.416 e. The van der Waals surface area contributed by atoms with Gasteiger partial charge >= 0.3 is 6.18 Å². The van der Waals surface area contributed by atoms with Crippen molar-refractivity contribution in [2.24, 2.45) is 0 Å². The van der Waals surface area contributed by atoms with Crippen molar-refractivity contribution in [1.82, 2.24) is 4.90 Å². The van der Waals surface area contributed by atoms with Gasteiger partial charge in [-0.15, -0.1) is 0 Å². The Balaban J connectivity index is 1.78. The predicted octanol–water partition coefficient (Wildman–Crippen LogP) is 4.45. The summed E-state index contributed by atoms with van der Waals surface area (Å²) in [6, 6.07) is 6.19. The summed E-state index contributed by atoms with van der Waals surface area (Å²) < 4.78 is 44.5. The minimum atomic E-state index is -4.27. The summed E-state index contributed by atoms with van der Waals surface area (Å²) in [4.78, 5) is 2.47. The molecule has 1 saturated carbocycles. The Hall–Kier alpha value is -1.07. The van der Waals surface area contributed by atoms with Crippen molar-refractivity contribution in [3.63, 3.8) is 0 Å². The highest BCUT2D eigenvalue weighted by Crippen LogP contribution is 2.39. The second kappa shape index (κ2) is 6.81. The van der Waals surface area contributed by atoms with Gasteiger partial charge in [-0.3, -0.25) is 4.90 Å². The number of methoxy groups -OCH3 is 1.